The van der Waals surface area contributed by atoms with Gasteiger partial charge in [-0.05, 0) is 48.9 Å². The van der Waals surface area contributed by atoms with E-state index in [1.54, 1.807) is 0 Å². The van der Waals surface area contributed by atoms with Crippen LogP contribution in [0.25, 0.3) is 0 Å². The van der Waals surface area contributed by atoms with E-state index in [4.69, 9.17) is 4.74 Å². The number of carbonyl (C=O) groups excluding carboxylic acids is 1. The number of nitrogens with one attached hydrogen (secondary N) is 1. The molecule has 104 valence electrons. The van der Waals surface area contributed by atoms with Crippen molar-refractivity contribution in [3.63, 3.8) is 0 Å². The van der Waals surface area contributed by atoms with Crippen molar-refractivity contribution in [2.24, 2.45) is 0 Å². The second-order valence-electron chi connectivity index (χ2n) is 4.91. The predicted molar refractivity (Wildman–Crippen MR) is 73.1 cm³/mol. The van der Waals surface area contributed by atoms with Crippen molar-refractivity contribution in [2.75, 3.05) is 13.2 Å². The zero-order valence-electron chi connectivity index (χ0n) is 11.3. The molecule has 2 rings (SSSR count). The second kappa shape index (κ2) is 6.57. The summed E-state index contributed by atoms with van der Waals surface area (Å²) >= 11 is 0. The van der Waals surface area contributed by atoms with Crippen molar-refractivity contribution < 1.29 is 14.6 Å². The molecule has 0 saturated heterocycles. The molecule has 4 heteroatoms. The lowest BCUT2D eigenvalue weighted by Gasteiger charge is -2.21. The van der Waals surface area contributed by atoms with Crippen LogP contribution in [0.3, 0.4) is 0 Å². The van der Waals surface area contributed by atoms with Crippen molar-refractivity contribution in [1.82, 2.24) is 5.32 Å². The van der Waals surface area contributed by atoms with Gasteiger partial charge in [-0.1, -0.05) is 13.0 Å². The smallest absolute Gasteiger partial charge is 0.257 e. The average Bonchev–Trinajstić information content (AvgIpc) is 2.43. The van der Waals surface area contributed by atoms with Crippen molar-refractivity contribution in [3.8, 4) is 5.75 Å². The quantitative estimate of drug-likeness (QED) is 0.853. The minimum Gasteiger partial charge on any atom is -0.484 e. The summed E-state index contributed by atoms with van der Waals surface area (Å²) < 4.78 is 5.47. The molecule has 1 aliphatic carbocycles. The van der Waals surface area contributed by atoms with Crippen molar-refractivity contribution in [1.29, 1.82) is 0 Å². The predicted octanol–water partition coefficient (Wildman–Crippen LogP) is 1.96. The fourth-order valence-electron chi connectivity index (χ4n) is 2.32. The fraction of sp³-hybridized carbons (Fsp3) is 0.533. The van der Waals surface area contributed by atoms with Crippen LogP contribution in [0, 0.1) is 0 Å². The van der Waals surface area contributed by atoms with Gasteiger partial charge in [0.1, 0.15) is 5.75 Å². The highest BCUT2D eigenvalue weighted by Gasteiger charge is 2.18. The summed E-state index contributed by atoms with van der Waals surface area (Å²) in [6.45, 7) is 2.73. The Labute approximate surface area is 113 Å². The van der Waals surface area contributed by atoms with Gasteiger partial charge in [-0.3, -0.25) is 4.79 Å². The summed E-state index contributed by atoms with van der Waals surface area (Å²) in [6.07, 6.45) is 3.35. The van der Waals surface area contributed by atoms with E-state index in [1.165, 1.54) is 0 Å². The van der Waals surface area contributed by atoms with Gasteiger partial charge in [0.2, 0.25) is 0 Å². The third-order valence-corrected chi connectivity index (χ3v) is 3.34. The van der Waals surface area contributed by atoms with Crippen LogP contribution < -0.4 is 10.1 Å². The monoisotopic (exact) mass is 263 g/mol. The molecule has 4 nitrogen and oxygen atoms in total. The molecule has 1 atom stereocenters. The van der Waals surface area contributed by atoms with E-state index in [9.17, 15) is 9.90 Å². The Bertz CT molecular complexity index is 445. The Morgan fingerprint density at radius 2 is 2.37 bits per heavy atom. The molecular weight excluding hydrogens is 242 g/mol. The summed E-state index contributed by atoms with van der Waals surface area (Å²) in [6, 6.07) is 5.66. The number of amides is 1. The third kappa shape index (κ3) is 3.70. The molecule has 1 aromatic carbocycles. The Kier molecular flexibility index (Phi) is 4.80. The Balaban J connectivity index is 1.93. The molecule has 1 aliphatic rings. The van der Waals surface area contributed by atoms with Gasteiger partial charge in [-0.25, -0.2) is 0 Å². The molecule has 1 unspecified atom stereocenters. The van der Waals surface area contributed by atoms with E-state index < -0.39 is 0 Å². The Morgan fingerprint density at radius 1 is 1.53 bits per heavy atom. The summed E-state index contributed by atoms with van der Waals surface area (Å²) in [7, 11) is 0. The van der Waals surface area contributed by atoms with Crippen LogP contribution in [0.1, 0.15) is 43.4 Å². The number of carbonyl (C=O) groups is 1. The number of rotatable bonds is 5. The van der Waals surface area contributed by atoms with Crippen LogP contribution >= 0.6 is 0 Å². The first-order valence-corrected chi connectivity index (χ1v) is 6.91. The number of hydrogen-bond acceptors (Lipinski definition) is 3. The van der Waals surface area contributed by atoms with Gasteiger partial charge in [0.05, 0.1) is 6.10 Å². The second-order valence-corrected chi connectivity index (χ2v) is 4.91. The summed E-state index contributed by atoms with van der Waals surface area (Å²) in [5.74, 6) is 0.596. The average molecular weight is 263 g/mol. The Hall–Kier alpha value is -1.55. The molecule has 1 amide bonds. The van der Waals surface area contributed by atoms with E-state index in [1.807, 2.05) is 25.1 Å². The Morgan fingerprint density at radius 3 is 3.16 bits per heavy atom. The molecule has 0 spiro atoms. The van der Waals surface area contributed by atoms with Crippen LogP contribution in [0.15, 0.2) is 18.2 Å². The van der Waals surface area contributed by atoms with Gasteiger partial charge in [-0.15, -0.1) is 0 Å². The van der Waals surface area contributed by atoms with Gasteiger partial charge >= 0.3 is 0 Å². The van der Waals surface area contributed by atoms with Gasteiger partial charge in [0.15, 0.2) is 6.61 Å². The summed E-state index contributed by atoms with van der Waals surface area (Å²) in [4.78, 5) is 11.4. The van der Waals surface area contributed by atoms with E-state index in [0.29, 0.717) is 12.3 Å². The van der Waals surface area contributed by atoms with E-state index in [2.05, 4.69) is 5.32 Å². The molecule has 2 N–H and O–H groups in total. The van der Waals surface area contributed by atoms with Crippen LogP contribution in [0.2, 0.25) is 0 Å². The largest absolute Gasteiger partial charge is 0.484 e. The lowest BCUT2D eigenvalue weighted by Crippen LogP contribution is -2.29. The maximum absolute atomic E-state index is 11.4. The van der Waals surface area contributed by atoms with Gasteiger partial charge < -0.3 is 15.2 Å². The first-order valence-electron chi connectivity index (χ1n) is 6.91. The van der Waals surface area contributed by atoms with E-state index >= 15 is 0 Å². The molecule has 19 heavy (non-hydrogen) atoms. The zero-order valence-corrected chi connectivity index (χ0v) is 11.3. The highest BCUT2D eigenvalue weighted by Crippen LogP contribution is 2.31. The number of benzene rings is 1. The molecule has 0 bridgehead atoms. The first kappa shape index (κ1) is 13.9. The van der Waals surface area contributed by atoms with Crippen molar-refractivity contribution >= 4 is 5.91 Å². The van der Waals surface area contributed by atoms with Crippen LogP contribution in [0.4, 0.5) is 0 Å². The molecule has 0 aromatic heterocycles. The van der Waals surface area contributed by atoms with E-state index in [-0.39, 0.29) is 18.6 Å². The molecule has 1 aromatic rings. The first-order chi connectivity index (χ1) is 9.20. The van der Waals surface area contributed by atoms with Crippen LogP contribution in [-0.4, -0.2) is 24.2 Å². The zero-order chi connectivity index (χ0) is 13.7. The maximum atomic E-state index is 11.4. The number of aliphatic hydroxyl groups is 1. The number of aryl methyl sites for hydroxylation is 1. The number of hydrogen-bond donors (Lipinski definition) is 2. The van der Waals surface area contributed by atoms with Crippen molar-refractivity contribution in [3.05, 3.63) is 29.3 Å². The topological polar surface area (TPSA) is 58.6 Å². The lowest BCUT2D eigenvalue weighted by molar-refractivity contribution is -0.123. The van der Waals surface area contributed by atoms with E-state index in [0.717, 1.165) is 36.8 Å². The highest BCUT2D eigenvalue weighted by molar-refractivity contribution is 5.77. The normalized spacial score (nSPS) is 17.7. The number of ether oxygens (including phenoxy) is 1. The molecule has 0 fully saturated rings. The third-order valence-electron chi connectivity index (χ3n) is 3.34. The lowest BCUT2D eigenvalue weighted by atomic mass is 9.89. The van der Waals surface area contributed by atoms with Gasteiger partial charge in [-0.2, -0.15) is 0 Å². The molecular formula is C15H21NO3. The standard InChI is InChI=1S/C15H21NO3/c1-2-8-16-15(18)10-19-12-6-7-13-11(9-12)4-3-5-14(13)17/h6-7,9,14,17H,2-5,8,10H2,1H3,(H,16,18). The number of fused-ring (bicyclic) bond motifs is 1. The minimum absolute atomic E-state index is 0.0430. The molecule has 0 saturated carbocycles. The highest BCUT2D eigenvalue weighted by atomic mass is 16.5. The van der Waals surface area contributed by atoms with Gasteiger partial charge in [0, 0.05) is 6.54 Å². The fourth-order valence-corrected chi connectivity index (χ4v) is 2.32. The van der Waals surface area contributed by atoms with Gasteiger partial charge in [0.25, 0.3) is 5.91 Å². The molecule has 0 radical (unpaired) electrons. The molecule has 0 aliphatic heterocycles. The SMILES string of the molecule is CCCNC(=O)COc1ccc2c(c1)CCCC2O. The van der Waals surface area contributed by atoms with Crippen molar-refractivity contribution in [2.45, 2.75) is 38.7 Å². The maximum Gasteiger partial charge on any atom is 0.257 e. The summed E-state index contributed by atoms with van der Waals surface area (Å²) in [5, 5.41) is 12.6. The number of aliphatic hydroxyl groups excluding tert-OH is 1. The summed E-state index contributed by atoms with van der Waals surface area (Å²) in [5.41, 5.74) is 2.12. The molecule has 0 heterocycles. The minimum atomic E-state index is -0.356. The van der Waals surface area contributed by atoms with Crippen LogP contribution in [0.5, 0.6) is 5.75 Å². The van der Waals surface area contributed by atoms with Crippen LogP contribution in [-0.2, 0) is 11.2 Å².